The Balaban J connectivity index is 1.85. The Bertz CT molecular complexity index is 1400. The Hall–Kier alpha value is -3.26. The van der Waals surface area contributed by atoms with Crippen LogP contribution in [0.3, 0.4) is 0 Å². The summed E-state index contributed by atoms with van der Waals surface area (Å²) in [4.78, 5) is 3.53. The van der Waals surface area contributed by atoms with Gasteiger partial charge in [-0.1, -0.05) is 48.5 Å². The number of hydrogen-bond donors (Lipinski definition) is 1. The Kier molecular flexibility index (Phi) is 2.12. The van der Waals surface area contributed by atoms with E-state index in [1.807, 2.05) is 0 Å². The highest BCUT2D eigenvalue weighted by molar-refractivity contribution is 6.21. The van der Waals surface area contributed by atoms with Gasteiger partial charge in [-0.15, -0.1) is 0 Å². The van der Waals surface area contributed by atoms with E-state index in [0.29, 0.717) is 0 Å². The number of nitrogens with one attached hydrogen (secondary N) is 1. The van der Waals surface area contributed by atoms with E-state index in [4.69, 9.17) is 4.42 Å². The molecule has 0 saturated carbocycles. The minimum Gasteiger partial charge on any atom is -0.454 e. The number of fused-ring (bicyclic) bond motifs is 8. The fourth-order valence-electron chi connectivity index (χ4n) is 3.84. The summed E-state index contributed by atoms with van der Waals surface area (Å²) < 4.78 is 6.27. The van der Waals surface area contributed by atoms with E-state index in [1.54, 1.807) is 0 Å². The Morgan fingerprint density at radius 2 is 1.38 bits per heavy atom. The second-order valence-corrected chi connectivity index (χ2v) is 6.33. The number of H-pyrrole nitrogens is 1. The maximum atomic E-state index is 6.27. The van der Waals surface area contributed by atoms with Gasteiger partial charge in [-0.3, -0.25) is 0 Å². The monoisotopic (exact) mass is 307 g/mol. The first-order valence-electron chi connectivity index (χ1n) is 8.13. The number of benzene rings is 4. The molecule has 0 radical (unpaired) electrons. The molecule has 0 spiro atoms. The molecule has 0 aliphatic heterocycles. The fraction of sp³-hybridized carbons (Fsp3) is 0. The van der Waals surface area contributed by atoms with Crippen molar-refractivity contribution in [2.75, 3.05) is 0 Å². The van der Waals surface area contributed by atoms with Crippen LogP contribution < -0.4 is 0 Å². The molecule has 2 heteroatoms. The highest BCUT2D eigenvalue weighted by atomic mass is 16.3. The molecular weight excluding hydrogens is 294 g/mol. The van der Waals surface area contributed by atoms with Crippen LogP contribution >= 0.6 is 0 Å². The standard InChI is InChI=1S/C22H13NO/c1-2-6-14-12-20-18(11-13(14)5-1)17-10-9-16-15-7-3-4-8-19(15)23-21(16)22(17)24-20/h1-12,23H. The Labute approximate surface area is 137 Å². The molecule has 112 valence electrons. The van der Waals surface area contributed by atoms with E-state index in [2.05, 4.69) is 77.8 Å². The number of aromatic nitrogens is 1. The first-order chi connectivity index (χ1) is 11.9. The lowest BCUT2D eigenvalue weighted by Crippen LogP contribution is -1.72. The first kappa shape index (κ1) is 12.2. The molecular formula is C22H13NO. The largest absolute Gasteiger partial charge is 0.454 e. The van der Waals surface area contributed by atoms with Crippen molar-refractivity contribution in [3.8, 4) is 0 Å². The van der Waals surface area contributed by atoms with Crippen molar-refractivity contribution in [2.45, 2.75) is 0 Å². The second kappa shape index (κ2) is 4.18. The summed E-state index contributed by atoms with van der Waals surface area (Å²) in [6.45, 7) is 0. The molecule has 6 rings (SSSR count). The van der Waals surface area contributed by atoms with Crippen molar-refractivity contribution < 1.29 is 4.42 Å². The average Bonchev–Trinajstić information content (AvgIpc) is 3.17. The topological polar surface area (TPSA) is 28.9 Å². The van der Waals surface area contributed by atoms with Crippen LogP contribution in [0.5, 0.6) is 0 Å². The molecule has 4 aromatic carbocycles. The van der Waals surface area contributed by atoms with Gasteiger partial charge in [-0.25, -0.2) is 0 Å². The number of rotatable bonds is 0. The molecule has 0 amide bonds. The lowest BCUT2D eigenvalue weighted by Gasteiger charge is -1.96. The Morgan fingerprint density at radius 3 is 2.29 bits per heavy atom. The molecule has 0 saturated heterocycles. The maximum absolute atomic E-state index is 6.27. The van der Waals surface area contributed by atoms with Crippen LogP contribution in [0.25, 0.3) is 54.5 Å². The van der Waals surface area contributed by atoms with Crippen LogP contribution in [-0.2, 0) is 0 Å². The molecule has 2 nitrogen and oxygen atoms in total. The third-order valence-electron chi connectivity index (χ3n) is 4.98. The fourth-order valence-corrected chi connectivity index (χ4v) is 3.84. The molecule has 0 aliphatic carbocycles. The third kappa shape index (κ3) is 1.45. The smallest absolute Gasteiger partial charge is 0.159 e. The van der Waals surface area contributed by atoms with Gasteiger partial charge in [0.05, 0.1) is 5.52 Å². The predicted octanol–water partition coefficient (Wildman–Crippen LogP) is 6.37. The normalized spacial score (nSPS) is 12.2. The zero-order valence-corrected chi connectivity index (χ0v) is 12.8. The second-order valence-electron chi connectivity index (χ2n) is 6.33. The molecule has 0 bridgehead atoms. The summed E-state index contributed by atoms with van der Waals surface area (Å²) in [5.74, 6) is 0. The molecule has 1 N–H and O–H groups in total. The summed E-state index contributed by atoms with van der Waals surface area (Å²) in [6.07, 6.45) is 0. The van der Waals surface area contributed by atoms with Crippen LogP contribution in [0.2, 0.25) is 0 Å². The van der Waals surface area contributed by atoms with Gasteiger partial charge < -0.3 is 9.40 Å². The van der Waals surface area contributed by atoms with Crippen LogP contribution in [0.15, 0.2) is 77.2 Å². The molecule has 0 atom stereocenters. The van der Waals surface area contributed by atoms with Crippen LogP contribution in [0, 0.1) is 0 Å². The summed E-state index contributed by atoms with van der Waals surface area (Å²) >= 11 is 0. The summed E-state index contributed by atoms with van der Waals surface area (Å²) in [7, 11) is 0. The van der Waals surface area contributed by atoms with Gasteiger partial charge in [0, 0.05) is 27.1 Å². The number of hydrogen-bond acceptors (Lipinski definition) is 1. The SMILES string of the molecule is c1ccc2cc3c(cc2c1)oc1c3ccc2c3ccccc3[nH]c21. The van der Waals surface area contributed by atoms with Gasteiger partial charge in [-0.2, -0.15) is 0 Å². The van der Waals surface area contributed by atoms with Gasteiger partial charge in [-0.05, 0) is 35.0 Å². The molecule has 0 aliphatic rings. The van der Waals surface area contributed by atoms with Gasteiger partial charge >= 0.3 is 0 Å². The van der Waals surface area contributed by atoms with Gasteiger partial charge in [0.15, 0.2) is 5.58 Å². The van der Waals surface area contributed by atoms with E-state index >= 15 is 0 Å². The van der Waals surface area contributed by atoms with E-state index in [1.165, 1.54) is 26.9 Å². The van der Waals surface area contributed by atoms with Crippen molar-refractivity contribution in [2.24, 2.45) is 0 Å². The summed E-state index contributed by atoms with van der Waals surface area (Å²) in [5.41, 5.74) is 4.10. The average molecular weight is 307 g/mol. The van der Waals surface area contributed by atoms with E-state index in [9.17, 15) is 0 Å². The molecule has 0 fully saturated rings. The van der Waals surface area contributed by atoms with Crippen molar-refractivity contribution in [1.29, 1.82) is 0 Å². The molecule has 24 heavy (non-hydrogen) atoms. The minimum absolute atomic E-state index is 0.939. The minimum atomic E-state index is 0.939. The Morgan fingerprint density at radius 1 is 0.625 bits per heavy atom. The van der Waals surface area contributed by atoms with Crippen LogP contribution in [0.1, 0.15) is 0 Å². The van der Waals surface area contributed by atoms with Gasteiger partial charge in [0.1, 0.15) is 5.58 Å². The lowest BCUT2D eigenvalue weighted by atomic mass is 10.1. The molecule has 0 unspecified atom stereocenters. The van der Waals surface area contributed by atoms with Crippen molar-refractivity contribution in [3.05, 3.63) is 72.8 Å². The number of para-hydroxylation sites is 1. The summed E-state index contributed by atoms with van der Waals surface area (Å²) in [6, 6.07) is 25.5. The zero-order chi connectivity index (χ0) is 15.7. The predicted molar refractivity (Wildman–Crippen MR) is 101 cm³/mol. The van der Waals surface area contributed by atoms with Gasteiger partial charge in [0.25, 0.3) is 0 Å². The molecule has 2 heterocycles. The number of aromatic amines is 1. The first-order valence-corrected chi connectivity index (χ1v) is 8.13. The summed E-state index contributed by atoms with van der Waals surface area (Å²) in [5, 5.41) is 7.22. The quantitative estimate of drug-likeness (QED) is 0.347. The maximum Gasteiger partial charge on any atom is 0.159 e. The van der Waals surface area contributed by atoms with Crippen molar-refractivity contribution in [3.63, 3.8) is 0 Å². The van der Waals surface area contributed by atoms with Crippen molar-refractivity contribution in [1.82, 2.24) is 4.98 Å². The third-order valence-corrected chi connectivity index (χ3v) is 4.98. The highest BCUT2D eigenvalue weighted by Crippen LogP contribution is 2.37. The lowest BCUT2D eigenvalue weighted by molar-refractivity contribution is 0.672. The van der Waals surface area contributed by atoms with E-state index < -0.39 is 0 Å². The number of furan rings is 1. The zero-order valence-electron chi connectivity index (χ0n) is 12.8. The van der Waals surface area contributed by atoms with E-state index in [0.717, 1.165) is 27.6 Å². The van der Waals surface area contributed by atoms with Crippen molar-refractivity contribution >= 4 is 54.5 Å². The molecule has 6 aromatic rings. The highest BCUT2D eigenvalue weighted by Gasteiger charge is 2.14. The van der Waals surface area contributed by atoms with E-state index in [-0.39, 0.29) is 0 Å². The molecule has 2 aromatic heterocycles. The van der Waals surface area contributed by atoms with Crippen LogP contribution in [0.4, 0.5) is 0 Å². The van der Waals surface area contributed by atoms with Gasteiger partial charge in [0.2, 0.25) is 0 Å². The van der Waals surface area contributed by atoms with Crippen LogP contribution in [-0.4, -0.2) is 4.98 Å².